The summed E-state index contributed by atoms with van der Waals surface area (Å²) in [4.78, 5) is 4.59. The van der Waals surface area contributed by atoms with Crippen molar-refractivity contribution >= 4 is 10.8 Å². The van der Waals surface area contributed by atoms with E-state index < -0.39 is 0 Å². The maximum Gasteiger partial charge on any atom is 0.0509 e. The van der Waals surface area contributed by atoms with Crippen LogP contribution in [0.2, 0.25) is 0 Å². The lowest BCUT2D eigenvalue weighted by Gasteiger charge is -2.13. The Labute approximate surface area is 104 Å². The Balaban J connectivity index is 2.22. The summed E-state index contributed by atoms with van der Waals surface area (Å²) in [6, 6.07) is 10.6. The standard InChI is InChI=1S/C16H21N/c1-3-4-5-8-13(2)16-15-10-7-6-9-14(15)11-12-17-16/h6-7,9-13H,3-5,8H2,1-2H3. The number of rotatable bonds is 5. The van der Waals surface area contributed by atoms with Crippen molar-refractivity contribution in [3.8, 4) is 0 Å². The molecule has 90 valence electrons. The second-order valence-electron chi connectivity index (χ2n) is 4.81. The second kappa shape index (κ2) is 5.81. The van der Waals surface area contributed by atoms with Crippen molar-refractivity contribution in [1.29, 1.82) is 0 Å². The Kier molecular flexibility index (Phi) is 4.13. The van der Waals surface area contributed by atoms with Crippen molar-refractivity contribution < 1.29 is 0 Å². The molecule has 1 aromatic carbocycles. The van der Waals surface area contributed by atoms with Gasteiger partial charge in [0.1, 0.15) is 0 Å². The van der Waals surface area contributed by atoms with Crippen LogP contribution in [0.15, 0.2) is 36.5 Å². The van der Waals surface area contributed by atoms with Crippen LogP contribution in [0.25, 0.3) is 10.8 Å². The molecule has 1 atom stereocenters. The fourth-order valence-corrected chi connectivity index (χ4v) is 2.37. The van der Waals surface area contributed by atoms with Gasteiger partial charge in [0.2, 0.25) is 0 Å². The van der Waals surface area contributed by atoms with Crippen molar-refractivity contribution in [1.82, 2.24) is 4.98 Å². The minimum atomic E-state index is 0.563. The van der Waals surface area contributed by atoms with Gasteiger partial charge < -0.3 is 0 Å². The molecule has 0 radical (unpaired) electrons. The molecule has 1 heteroatoms. The van der Waals surface area contributed by atoms with Crippen LogP contribution >= 0.6 is 0 Å². The van der Waals surface area contributed by atoms with Crippen molar-refractivity contribution in [3.63, 3.8) is 0 Å². The Morgan fingerprint density at radius 2 is 1.94 bits per heavy atom. The SMILES string of the molecule is CCCCCC(C)c1nccc2ccccc12. The van der Waals surface area contributed by atoms with Gasteiger partial charge in [0, 0.05) is 11.6 Å². The van der Waals surface area contributed by atoms with E-state index in [0.29, 0.717) is 5.92 Å². The first-order valence-electron chi connectivity index (χ1n) is 6.66. The number of nitrogens with zero attached hydrogens (tertiary/aromatic N) is 1. The first-order chi connectivity index (χ1) is 8.33. The topological polar surface area (TPSA) is 12.9 Å². The van der Waals surface area contributed by atoms with Crippen LogP contribution in [0.1, 0.15) is 51.1 Å². The maximum atomic E-state index is 4.59. The van der Waals surface area contributed by atoms with Gasteiger partial charge in [-0.1, -0.05) is 57.4 Å². The second-order valence-corrected chi connectivity index (χ2v) is 4.81. The zero-order chi connectivity index (χ0) is 12.1. The van der Waals surface area contributed by atoms with Crippen LogP contribution < -0.4 is 0 Å². The van der Waals surface area contributed by atoms with Gasteiger partial charge in [-0.25, -0.2) is 0 Å². The van der Waals surface area contributed by atoms with E-state index in [4.69, 9.17) is 0 Å². The van der Waals surface area contributed by atoms with Gasteiger partial charge in [-0.2, -0.15) is 0 Å². The Morgan fingerprint density at radius 3 is 2.76 bits per heavy atom. The summed E-state index contributed by atoms with van der Waals surface area (Å²) < 4.78 is 0. The third-order valence-electron chi connectivity index (χ3n) is 3.41. The van der Waals surface area contributed by atoms with Crippen LogP contribution in [0.3, 0.4) is 0 Å². The summed E-state index contributed by atoms with van der Waals surface area (Å²) >= 11 is 0. The van der Waals surface area contributed by atoms with Crippen LogP contribution in [0, 0.1) is 0 Å². The highest BCUT2D eigenvalue weighted by molar-refractivity contribution is 5.84. The van der Waals surface area contributed by atoms with Crippen LogP contribution in [-0.4, -0.2) is 4.98 Å². The van der Waals surface area contributed by atoms with Gasteiger partial charge >= 0.3 is 0 Å². The third-order valence-corrected chi connectivity index (χ3v) is 3.41. The molecule has 0 fully saturated rings. The summed E-state index contributed by atoms with van der Waals surface area (Å²) in [7, 11) is 0. The number of benzene rings is 1. The zero-order valence-corrected chi connectivity index (χ0v) is 10.8. The molecule has 1 heterocycles. The minimum absolute atomic E-state index is 0.563. The molecule has 2 aromatic rings. The molecule has 1 unspecified atom stereocenters. The van der Waals surface area contributed by atoms with E-state index in [9.17, 15) is 0 Å². The maximum absolute atomic E-state index is 4.59. The molecule has 0 amide bonds. The lowest BCUT2D eigenvalue weighted by molar-refractivity contribution is 0.591. The molecule has 17 heavy (non-hydrogen) atoms. The van der Waals surface area contributed by atoms with E-state index in [1.54, 1.807) is 0 Å². The van der Waals surface area contributed by atoms with E-state index >= 15 is 0 Å². The molecule has 0 aliphatic rings. The summed E-state index contributed by atoms with van der Waals surface area (Å²) in [6.45, 7) is 4.55. The molecular weight excluding hydrogens is 206 g/mol. The van der Waals surface area contributed by atoms with Gasteiger partial charge in [0.15, 0.2) is 0 Å². The number of fused-ring (bicyclic) bond motifs is 1. The smallest absolute Gasteiger partial charge is 0.0509 e. The van der Waals surface area contributed by atoms with Crippen LogP contribution in [0.4, 0.5) is 0 Å². The molecule has 0 bridgehead atoms. The summed E-state index contributed by atoms with van der Waals surface area (Å²) in [5.41, 5.74) is 1.26. The molecule has 1 aromatic heterocycles. The van der Waals surface area contributed by atoms with E-state index in [0.717, 1.165) is 0 Å². The molecule has 0 N–H and O–H groups in total. The van der Waals surface area contributed by atoms with Gasteiger partial charge in [0.05, 0.1) is 5.69 Å². The molecule has 1 nitrogen and oxygen atoms in total. The largest absolute Gasteiger partial charge is 0.260 e. The van der Waals surface area contributed by atoms with E-state index in [1.807, 2.05) is 6.20 Å². The predicted molar refractivity (Wildman–Crippen MR) is 74.3 cm³/mol. The lowest BCUT2D eigenvalue weighted by Crippen LogP contribution is -1.98. The highest BCUT2D eigenvalue weighted by atomic mass is 14.7. The van der Waals surface area contributed by atoms with Crippen LogP contribution in [0.5, 0.6) is 0 Å². The van der Waals surface area contributed by atoms with Crippen molar-refractivity contribution in [3.05, 3.63) is 42.2 Å². The van der Waals surface area contributed by atoms with E-state index in [2.05, 4.69) is 49.2 Å². The Hall–Kier alpha value is -1.37. The number of pyridine rings is 1. The van der Waals surface area contributed by atoms with Crippen molar-refractivity contribution in [2.45, 2.75) is 45.4 Å². The summed E-state index contributed by atoms with van der Waals surface area (Å²) in [5, 5.41) is 2.62. The molecule has 0 aliphatic carbocycles. The minimum Gasteiger partial charge on any atom is -0.260 e. The Bertz CT molecular complexity index is 470. The van der Waals surface area contributed by atoms with Gasteiger partial charge in [-0.3, -0.25) is 4.98 Å². The van der Waals surface area contributed by atoms with Gasteiger partial charge in [0.25, 0.3) is 0 Å². The number of aromatic nitrogens is 1. The fraction of sp³-hybridized carbons (Fsp3) is 0.438. The van der Waals surface area contributed by atoms with Crippen LogP contribution in [-0.2, 0) is 0 Å². The molecule has 0 saturated carbocycles. The molecular formula is C16H21N. The fourth-order valence-electron chi connectivity index (χ4n) is 2.37. The number of unbranched alkanes of at least 4 members (excludes halogenated alkanes) is 2. The highest BCUT2D eigenvalue weighted by Gasteiger charge is 2.10. The Morgan fingerprint density at radius 1 is 1.12 bits per heavy atom. The molecule has 0 aliphatic heterocycles. The average Bonchev–Trinajstić information content (AvgIpc) is 2.38. The summed E-state index contributed by atoms with van der Waals surface area (Å²) in [5.74, 6) is 0.563. The third kappa shape index (κ3) is 2.85. The normalized spacial score (nSPS) is 12.8. The van der Waals surface area contributed by atoms with Crippen molar-refractivity contribution in [2.75, 3.05) is 0 Å². The number of hydrogen-bond acceptors (Lipinski definition) is 1. The highest BCUT2D eigenvalue weighted by Crippen LogP contribution is 2.26. The average molecular weight is 227 g/mol. The zero-order valence-electron chi connectivity index (χ0n) is 10.8. The van der Waals surface area contributed by atoms with Gasteiger partial charge in [-0.15, -0.1) is 0 Å². The molecule has 0 spiro atoms. The van der Waals surface area contributed by atoms with Gasteiger partial charge in [-0.05, 0) is 23.8 Å². The van der Waals surface area contributed by atoms with E-state index in [-0.39, 0.29) is 0 Å². The molecule has 0 saturated heterocycles. The van der Waals surface area contributed by atoms with Crippen molar-refractivity contribution in [2.24, 2.45) is 0 Å². The van der Waals surface area contributed by atoms with E-state index in [1.165, 1.54) is 42.1 Å². The monoisotopic (exact) mass is 227 g/mol. The number of hydrogen-bond donors (Lipinski definition) is 0. The predicted octanol–water partition coefficient (Wildman–Crippen LogP) is 4.92. The lowest BCUT2D eigenvalue weighted by atomic mass is 9.95. The quantitative estimate of drug-likeness (QED) is 0.661. The summed E-state index contributed by atoms with van der Waals surface area (Å²) in [6.07, 6.45) is 7.11. The molecule has 2 rings (SSSR count). The first-order valence-corrected chi connectivity index (χ1v) is 6.66. The first kappa shape index (κ1) is 12.1.